The molecule has 0 radical (unpaired) electrons. The molecule has 0 bridgehead atoms. The number of ether oxygens (including phenoxy) is 1. The number of rotatable bonds is 9. The minimum absolute atomic E-state index is 0.0866. The van der Waals surface area contributed by atoms with Gasteiger partial charge < -0.3 is 9.15 Å². The molecular weight excluding hydrogens is 384 g/mol. The predicted octanol–water partition coefficient (Wildman–Crippen LogP) is 7.75. The summed E-state index contributed by atoms with van der Waals surface area (Å²) in [4.78, 5) is 12.2. The van der Waals surface area contributed by atoms with Gasteiger partial charge in [0.25, 0.3) is 0 Å². The Morgan fingerprint density at radius 2 is 1.77 bits per heavy atom. The van der Waals surface area contributed by atoms with E-state index in [2.05, 4.69) is 58.5 Å². The summed E-state index contributed by atoms with van der Waals surface area (Å²) in [7, 11) is 0. The van der Waals surface area contributed by atoms with Gasteiger partial charge in [-0.15, -0.1) is 0 Å². The second kappa shape index (κ2) is 9.72. The lowest BCUT2D eigenvalue weighted by atomic mass is 9.73. The second-order valence-electron chi connectivity index (χ2n) is 9.59. The highest BCUT2D eigenvalue weighted by atomic mass is 16.5. The zero-order chi connectivity index (χ0) is 23.4. The molecule has 3 heteroatoms. The predicted molar refractivity (Wildman–Crippen MR) is 131 cm³/mol. The van der Waals surface area contributed by atoms with E-state index in [0.29, 0.717) is 0 Å². The van der Waals surface area contributed by atoms with E-state index < -0.39 is 5.41 Å². The van der Waals surface area contributed by atoms with Crippen LogP contribution in [0.2, 0.25) is 0 Å². The van der Waals surface area contributed by atoms with Gasteiger partial charge in [0.2, 0.25) is 0 Å². The van der Waals surface area contributed by atoms with Crippen molar-refractivity contribution in [1.82, 2.24) is 0 Å². The monoisotopic (exact) mass is 422 g/mol. The van der Waals surface area contributed by atoms with Gasteiger partial charge in [-0.1, -0.05) is 65.0 Å². The molecule has 31 heavy (non-hydrogen) atoms. The number of carbonyl (C=O) groups excluding carboxylic acids is 1. The highest BCUT2D eigenvalue weighted by Gasteiger charge is 2.35. The molecule has 0 atom stereocenters. The van der Waals surface area contributed by atoms with Crippen molar-refractivity contribution in [3.63, 3.8) is 0 Å². The van der Waals surface area contributed by atoms with Crippen molar-refractivity contribution in [1.29, 1.82) is 0 Å². The molecule has 0 N–H and O–H groups in total. The maximum atomic E-state index is 12.2. The van der Waals surface area contributed by atoms with Gasteiger partial charge in [0.1, 0.15) is 23.9 Å². The molecule has 0 aliphatic rings. The van der Waals surface area contributed by atoms with Crippen molar-refractivity contribution >= 4 is 17.9 Å². The Balaban J connectivity index is 2.44. The zero-order valence-electron chi connectivity index (χ0n) is 20.5. The van der Waals surface area contributed by atoms with Crippen LogP contribution in [0, 0.1) is 12.3 Å². The normalized spacial score (nSPS) is 11.9. The maximum Gasteiger partial charge on any atom is 0.175 e. The molecule has 2 rings (SSSR count). The number of furan rings is 1. The number of ketones is 1. The summed E-state index contributed by atoms with van der Waals surface area (Å²) >= 11 is 0. The van der Waals surface area contributed by atoms with Gasteiger partial charge in [-0.3, -0.25) is 4.79 Å². The quantitative estimate of drug-likeness (QED) is 0.414. The van der Waals surface area contributed by atoms with Crippen molar-refractivity contribution in [3.8, 4) is 5.75 Å². The summed E-state index contributed by atoms with van der Waals surface area (Å²) in [6.07, 6.45) is 5.73. The van der Waals surface area contributed by atoms with Crippen molar-refractivity contribution in [2.24, 2.45) is 5.41 Å². The summed E-state index contributed by atoms with van der Waals surface area (Å²) in [5, 5.41) is 0. The summed E-state index contributed by atoms with van der Waals surface area (Å²) in [5.41, 5.74) is 3.85. The van der Waals surface area contributed by atoms with Crippen LogP contribution in [0.4, 0.5) is 0 Å². The third kappa shape index (κ3) is 5.39. The first-order chi connectivity index (χ1) is 14.5. The molecule has 1 aromatic carbocycles. The molecule has 0 saturated carbocycles. The highest BCUT2D eigenvalue weighted by Crippen LogP contribution is 2.42. The fourth-order valence-electron chi connectivity index (χ4n) is 3.86. The first-order valence-corrected chi connectivity index (χ1v) is 11.2. The number of carbonyl (C=O) groups is 1. The zero-order valence-corrected chi connectivity index (χ0v) is 20.5. The summed E-state index contributed by atoms with van der Waals surface area (Å²) in [6, 6.07) is 8.40. The summed E-state index contributed by atoms with van der Waals surface area (Å²) in [5.74, 6) is 2.60. The minimum atomic E-state index is -0.404. The van der Waals surface area contributed by atoms with E-state index >= 15 is 0 Å². The van der Waals surface area contributed by atoms with Crippen LogP contribution in [0.3, 0.4) is 0 Å². The van der Waals surface area contributed by atoms with Crippen LogP contribution < -0.4 is 4.74 Å². The molecule has 0 amide bonds. The first kappa shape index (κ1) is 24.7. The highest BCUT2D eigenvalue weighted by molar-refractivity contribution is 5.85. The van der Waals surface area contributed by atoms with Gasteiger partial charge in [0.05, 0.1) is 5.41 Å². The van der Waals surface area contributed by atoms with Crippen LogP contribution in [0.5, 0.6) is 5.75 Å². The maximum absolute atomic E-state index is 12.2. The van der Waals surface area contributed by atoms with E-state index in [-0.39, 0.29) is 17.8 Å². The van der Waals surface area contributed by atoms with Crippen molar-refractivity contribution in [2.75, 3.05) is 6.61 Å². The Labute approximate surface area is 188 Å². The lowest BCUT2D eigenvalue weighted by Crippen LogP contribution is -2.27. The van der Waals surface area contributed by atoms with Crippen LogP contribution in [0.15, 0.2) is 40.8 Å². The first-order valence-electron chi connectivity index (χ1n) is 11.2. The molecule has 168 valence electrons. The Morgan fingerprint density at radius 3 is 2.26 bits per heavy atom. The van der Waals surface area contributed by atoms with Gasteiger partial charge in [0, 0.05) is 11.0 Å². The van der Waals surface area contributed by atoms with Gasteiger partial charge in [-0.25, -0.2) is 0 Å². The number of benzene rings is 1. The van der Waals surface area contributed by atoms with E-state index in [4.69, 9.17) is 9.15 Å². The van der Waals surface area contributed by atoms with E-state index in [1.54, 1.807) is 6.08 Å². The smallest absolute Gasteiger partial charge is 0.175 e. The average Bonchev–Trinajstić information content (AvgIpc) is 3.10. The van der Waals surface area contributed by atoms with Crippen LogP contribution >= 0.6 is 0 Å². The fraction of sp³-hybridized carbons (Fsp3) is 0.464. The number of Topliss-reactive ketones (excluding diaryl/α,β-unsaturated/α-hetero) is 1. The molecule has 0 aliphatic carbocycles. The third-order valence-corrected chi connectivity index (χ3v) is 6.02. The standard InChI is InChI=1S/C28H38O3/c1-10-23-21(15-19(4)5)17-26(31-23)28(11-2,12-3)22-13-14-24(20(6)16-22)30-18-25(29)27(7,8)9/h10,13-17H,1,11-12,18H2,2-9H3. The van der Waals surface area contributed by atoms with Gasteiger partial charge >= 0.3 is 0 Å². The van der Waals surface area contributed by atoms with Gasteiger partial charge in [0.15, 0.2) is 5.78 Å². The molecular formula is C28H38O3. The molecule has 0 aliphatic heterocycles. The van der Waals surface area contributed by atoms with E-state index in [9.17, 15) is 4.79 Å². The Kier molecular flexibility index (Phi) is 7.75. The Hall–Kier alpha value is -2.55. The van der Waals surface area contributed by atoms with E-state index in [0.717, 1.165) is 41.2 Å². The Morgan fingerprint density at radius 1 is 1.13 bits per heavy atom. The van der Waals surface area contributed by atoms with Crippen molar-refractivity contribution in [2.45, 2.75) is 73.6 Å². The SMILES string of the molecule is C=Cc1oc(C(CC)(CC)c2ccc(OCC(=O)C(C)(C)C)c(C)c2)cc1C=C(C)C. The molecule has 0 spiro atoms. The van der Waals surface area contributed by atoms with Crippen LogP contribution in [-0.2, 0) is 10.2 Å². The lowest BCUT2D eigenvalue weighted by molar-refractivity contribution is -0.128. The second-order valence-corrected chi connectivity index (χ2v) is 9.59. The number of hydrogen-bond acceptors (Lipinski definition) is 3. The number of aryl methyl sites for hydroxylation is 1. The lowest BCUT2D eigenvalue weighted by Gasteiger charge is -2.31. The minimum Gasteiger partial charge on any atom is -0.486 e. The number of hydrogen-bond donors (Lipinski definition) is 0. The fourth-order valence-corrected chi connectivity index (χ4v) is 3.86. The van der Waals surface area contributed by atoms with Crippen molar-refractivity contribution < 1.29 is 13.9 Å². The molecule has 1 heterocycles. The number of allylic oxidation sites excluding steroid dienone is 1. The van der Waals surface area contributed by atoms with Crippen LogP contribution in [-0.4, -0.2) is 12.4 Å². The summed E-state index contributed by atoms with van der Waals surface area (Å²) in [6.45, 7) is 20.3. The largest absolute Gasteiger partial charge is 0.486 e. The molecule has 2 aromatic rings. The van der Waals surface area contributed by atoms with Crippen molar-refractivity contribution in [3.05, 3.63) is 64.6 Å². The molecule has 0 saturated heterocycles. The average molecular weight is 423 g/mol. The third-order valence-electron chi connectivity index (χ3n) is 6.02. The van der Waals surface area contributed by atoms with Gasteiger partial charge in [-0.05, 0) is 62.9 Å². The topological polar surface area (TPSA) is 39.4 Å². The Bertz CT molecular complexity index is 959. The molecule has 0 fully saturated rings. The molecule has 0 unspecified atom stereocenters. The summed E-state index contributed by atoms with van der Waals surface area (Å²) < 4.78 is 12.2. The van der Waals surface area contributed by atoms with Crippen LogP contribution in [0.1, 0.15) is 89.5 Å². The molecule has 3 nitrogen and oxygen atoms in total. The van der Waals surface area contributed by atoms with Gasteiger partial charge in [-0.2, -0.15) is 0 Å². The molecule has 1 aromatic heterocycles. The van der Waals surface area contributed by atoms with E-state index in [1.165, 1.54) is 11.1 Å². The van der Waals surface area contributed by atoms with E-state index in [1.807, 2.05) is 33.8 Å². The van der Waals surface area contributed by atoms with Crippen LogP contribution in [0.25, 0.3) is 12.2 Å².